The third kappa shape index (κ3) is 4.58. The fourth-order valence-corrected chi connectivity index (χ4v) is 4.41. The highest BCUT2D eigenvalue weighted by molar-refractivity contribution is 5.95. The lowest BCUT2D eigenvalue weighted by Crippen LogP contribution is -2.50. The Bertz CT molecular complexity index is 763. The van der Waals surface area contributed by atoms with Crippen molar-refractivity contribution in [2.75, 3.05) is 25.0 Å². The molecule has 0 aliphatic carbocycles. The summed E-state index contributed by atoms with van der Waals surface area (Å²) in [7, 11) is 0. The van der Waals surface area contributed by atoms with Crippen LogP contribution >= 0.6 is 0 Å². The number of carbonyl (C=O) groups excluding carboxylic acids is 1. The number of aromatic nitrogens is 1. The van der Waals surface area contributed by atoms with E-state index in [1.54, 1.807) is 24.5 Å². The Morgan fingerprint density at radius 2 is 1.82 bits per heavy atom. The third-order valence-corrected chi connectivity index (χ3v) is 5.84. The van der Waals surface area contributed by atoms with E-state index in [1.165, 1.54) is 5.56 Å². The number of nitrogens with zero attached hydrogens (tertiary/aromatic N) is 3. The van der Waals surface area contributed by atoms with Crippen molar-refractivity contribution in [3.8, 4) is 0 Å². The van der Waals surface area contributed by atoms with Crippen LogP contribution < -0.4 is 5.32 Å². The fourth-order valence-electron chi connectivity index (χ4n) is 4.41. The quantitative estimate of drug-likeness (QED) is 0.832. The molecule has 0 spiro atoms. The van der Waals surface area contributed by atoms with Crippen LogP contribution in [-0.4, -0.2) is 63.6 Å². The predicted molar refractivity (Wildman–Crippen MR) is 109 cm³/mol. The largest absolute Gasteiger partial charge is 0.392 e. The van der Waals surface area contributed by atoms with Gasteiger partial charge in [0.1, 0.15) is 0 Å². The van der Waals surface area contributed by atoms with Crippen LogP contribution in [0.3, 0.4) is 0 Å². The van der Waals surface area contributed by atoms with Crippen molar-refractivity contribution in [1.29, 1.82) is 0 Å². The van der Waals surface area contributed by atoms with Gasteiger partial charge in [-0.1, -0.05) is 30.3 Å². The van der Waals surface area contributed by atoms with Crippen LogP contribution in [0.15, 0.2) is 54.9 Å². The molecule has 2 saturated heterocycles. The van der Waals surface area contributed by atoms with Gasteiger partial charge in [-0.25, -0.2) is 0 Å². The van der Waals surface area contributed by atoms with Gasteiger partial charge in [0.15, 0.2) is 0 Å². The summed E-state index contributed by atoms with van der Waals surface area (Å²) in [4.78, 5) is 21.5. The van der Waals surface area contributed by atoms with Gasteiger partial charge >= 0.3 is 0 Å². The van der Waals surface area contributed by atoms with E-state index < -0.39 is 6.10 Å². The number of hydrogen-bond donors (Lipinski definition) is 2. The SMILES string of the molecule is O=C(Nc1ccncc1)[C@@H]1C[C@@H](O)CN1C1CCN(Cc2ccccc2)CC1. The average Bonchev–Trinajstić information content (AvgIpc) is 3.12. The van der Waals surface area contributed by atoms with E-state index in [2.05, 4.69) is 44.4 Å². The molecule has 1 aromatic heterocycles. The number of nitrogens with one attached hydrogen (secondary N) is 1. The molecule has 6 heteroatoms. The number of aliphatic hydroxyl groups excluding tert-OH is 1. The molecule has 2 fully saturated rings. The van der Waals surface area contributed by atoms with Crippen molar-refractivity contribution in [3.63, 3.8) is 0 Å². The Hall–Kier alpha value is -2.28. The van der Waals surface area contributed by atoms with Crippen LogP contribution in [0.5, 0.6) is 0 Å². The van der Waals surface area contributed by atoms with Crippen LogP contribution in [0.4, 0.5) is 5.69 Å². The van der Waals surface area contributed by atoms with E-state index in [1.807, 2.05) is 6.07 Å². The molecule has 2 N–H and O–H groups in total. The summed E-state index contributed by atoms with van der Waals surface area (Å²) in [6.45, 7) is 3.59. The van der Waals surface area contributed by atoms with Gasteiger partial charge in [-0.3, -0.25) is 19.6 Å². The lowest BCUT2D eigenvalue weighted by Gasteiger charge is -2.38. The number of aliphatic hydroxyl groups is 1. The number of piperidine rings is 1. The van der Waals surface area contributed by atoms with Gasteiger partial charge in [0, 0.05) is 37.2 Å². The number of amides is 1. The molecule has 2 aliphatic rings. The summed E-state index contributed by atoms with van der Waals surface area (Å²) in [5.41, 5.74) is 2.09. The molecule has 148 valence electrons. The standard InChI is InChI=1S/C22H28N4O2/c27-20-14-21(22(28)24-18-6-10-23-11-7-18)26(16-20)19-8-12-25(13-9-19)15-17-4-2-1-3-5-17/h1-7,10-11,19-21,27H,8-9,12-16H2,(H,23,24,28)/t20-,21+/m1/s1. The molecule has 2 aliphatic heterocycles. The van der Waals surface area contributed by atoms with Crippen molar-refractivity contribution in [2.24, 2.45) is 0 Å². The van der Waals surface area contributed by atoms with Crippen LogP contribution in [-0.2, 0) is 11.3 Å². The highest BCUT2D eigenvalue weighted by Gasteiger charge is 2.40. The molecule has 1 amide bonds. The molecule has 0 bridgehead atoms. The number of benzene rings is 1. The normalized spacial score (nSPS) is 24.3. The summed E-state index contributed by atoms with van der Waals surface area (Å²) in [6, 6.07) is 14.2. The first-order chi connectivity index (χ1) is 13.7. The lowest BCUT2D eigenvalue weighted by molar-refractivity contribution is -0.121. The maximum atomic E-state index is 12.8. The molecule has 3 heterocycles. The van der Waals surface area contributed by atoms with Gasteiger partial charge in [-0.05, 0) is 50.0 Å². The number of likely N-dealkylation sites (tertiary alicyclic amines) is 2. The molecule has 0 unspecified atom stereocenters. The summed E-state index contributed by atoms with van der Waals surface area (Å²) in [5.74, 6) is -0.0329. The van der Waals surface area contributed by atoms with Crippen molar-refractivity contribution >= 4 is 11.6 Å². The van der Waals surface area contributed by atoms with E-state index in [4.69, 9.17) is 0 Å². The zero-order valence-corrected chi connectivity index (χ0v) is 16.1. The van der Waals surface area contributed by atoms with E-state index in [9.17, 15) is 9.90 Å². The molecule has 0 saturated carbocycles. The van der Waals surface area contributed by atoms with Crippen molar-refractivity contribution in [1.82, 2.24) is 14.8 Å². The van der Waals surface area contributed by atoms with Crippen LogP contribution in [0.1, 0.15) is 24.8 Å². The minimum atomic E-state index is -0.435. The Kier molecular flexibility index (Phi) is 6.00. The van der Waals surface area contributed by atoms with Gasteiger partial charge in [0.2, 0.25) is 5.91 Å². The second-order valence-corrected chi connectivity index (χ2v) is 7.82. The van der Waals surface area contributed by atoms with Crippen molar-refractivity contribution in [2.45, 2.75) is 44.0 Å². The maximum absolute atomic E-state index is 12.8. The van der Waals surface area contributed by atoms with Gasteiger partial charge in [0.05, 0.1) is 12.1 Å². The van der Waals surface area contributed by atoms with Gasteiger partial charge in [-0.15, -0.1) is 0 Å². The van der Waals surface area contributed by atoms with Gasteiger partial charge in [-0.2, -0.15) is 0 Å². The first-order valence-electron chi connectivity index (χ1n) is 10.1. The Morgan fingerprint density at radius 1 is 1.11 bits per heavy atom. The highest BCUT2D eigenvalue weighted by Crippen LogP contribution is 2.27. The summed E-state index contributed by atoms with van der Waals surface area (Å²) < 4.78 is 0. The summed E-state index contributed by atoms with van der Waals surface area (Å²) in [6.07, 6.45) is 5.45. The van der Waals surface area contributed by atoms with Crippen LogP contribution in [0, 0.1) is 0 Å². The molecule has 2 atom stereocenters. The second-order valence-electron chi connectivity index (χ2n) is 7.82. The number of pyridine rings is 1. The fraction of sp³-hybridized carbons (Fsp3) is 0.455. The smallest absolute Gasteiger partial charge is 0.241 e. The molecule has 28 heavy (non-hydrogen) atoms. The minimum Gasteiger partial charge on any atom is -0.392 e. The van der Waals surface area contributed by atoms with Crippen LogP contribution in [0.2, 0.25) is 0 Å². The molecule has 2 aromatic rings. The molecule has 1 aromatic carbocycles. The second kappa shape index (κ2) is 8.82. The number of rotatable bonds is 5. The first-order valence-corrected chi connectivity index (χ1v) is 10.1. The van der Waals surface area contributed by atoms with Crippen molar-refractivity contribution in [3.05, 3.63) is 60.4 Å². The van der Waals surface area contributed by atoms with Gasteiger partial charge in [0.25, 0.3) is 0 Å². The zero-order chi connectivity index (χ0) is 19.3. The molecular formula is C22H28N4O2. The highest BCUT2D eigenvalue weighted by atomic mass is 16.3. The number of β-amino-alcohol motifs (C(OH)–C–C–N with tert-alkyl or cyclic N) is 1. The number of hydrogen-bond acceptors (Lipinski definition) is 5. The zero-order valence-electron chi connectivity index (χ0n) is 16.1. The van der Waals surface area contributed by atoms with E-state index >= 15 is 0 Å². The Morgan fingerprint density at radius 3 is 2.54 bits per heavy atom. The molecule has 4 rings (SSSR count). The Labute approximate surface area is 166 Å². The lowest BCUT2D eigenvalue weighted by atomic mass is 10.0. The van der Waals surface area contributed by atoms with E-state index in [-0.39, 0.29) is 11.9 Å². The van der Waals surface area contributed by atoms with Gasteiger partial charge < -0.3 is 10.4 Å². The molecule has 0 radical (unpaired) electrons. The monoisotopic (exact) mass is 380 g/mol. The summed E-state index contributed by atoms with van der Waals surface area (Å²) >= 11 is 0. The third-order valence-electron chi connectivity index (χ3n) is 5.84. The van der Waals surface area contributed by atoms with E-state index in [0.717, 1.165) is 38.2 Å². The van der Waals surface area contributed by atoms with Crippen molar-refractivity contribution < 1.29 is 9.90 Å². The topological polar surface area (TPSA) is 68.7 Å². The van der Waals surface area contributed by atoms with Crippen LogP contribution in [0.25, 0.3) is 0 Å². The number of carbonyl (C=O) groups is 1. The molecule has 6 nitrogen and oxygen atoms in total. The Balaban J connectivity index is 1.34. The predicted octanol–water partition coefficient (Wildman–Crippen LogP) is 2.12. The van der Waals surface area contributed by atoms with E-state index in [0.29, 0.717) is 19.0 Å². The molecular weight excluding hydrogens is 352 g/mol. The number of anilines is 1. The summed E-state index contributed by atoms with van der Waals surface area (Å²) in [5, 5.41) is 13.2. The maximum Gasteiger partial charge on any atom is 0.241 e. The minimum absolute atomic E-state index is 0.0329. The first kappa shape index (κ1) is 19.1. The average molecular weight is 380 g/mol.